The second kappa shape index (κ2) is 7.13. The lowest BCUT2D eigenvalue weighted by Crippen LogP contribution is -2.34. The fourth-order valence-electron chi connectivity index (χ4n) is 1.74. The standard InChI is InChI=1S/C13H18BrN3O2/c1-3-17(7-6-12(15)16-19)13(18)11-5-4-10(14)8-9(11)2/h4-5,8,19H,3,6-7H2,1-2H3,(H2,15,16). The van der Waals surface area contributed by atoms with Crippen LogP contribution >= 0.6 is 15.9 Å². The van der Waals surface area contributed by atoms with E-state index in [1.807, 2.05) is 26.0 Å². The monoisotopic (exact) mass is 327 g/mol. The Morgan fingerprint density at radius 1 is 1.53 bits per heavy atom. The smallest absolute Gasteiger partial charge is 0.254 e. The predicted octanol–water partition coefficient (Wildman–Crippen LogP) is 2.36. The van der Waals surface area contributed by atoms with Crippen LogP contribution in [0.15, 0.2) is 27.8 Å². The maximum Gasteiger partial charge on any atom is 0.254 e. The third-order valence-corrected chi connectivity index (χ3v) is 3.35. The molecule has 0 aliphatic rings. The van der Waals surface area contributed by atoms with Crippen molar-refractivity contribution in [2.75, 3.05) is 13.1 Å². The summed E-state index contributed by atoms with van der Waals surface area (Å²) in [5.41, 5.74) is 7.01. The molecule has 0 bridgehead atoms. The molecule has 104 valence electrons. The van der Waals surface area contributed by atoms with E-state index in [0.29, 0.717) is 25.1 Å². The number of amides is 1. The molecule has 0 saturated carbocycles. The van der Waals surface area contributed by atoms with Gasteiger partial charge in [-0.05, 0) is 37.6 Å². The third kappa shape index (κ3) is 4.24. The van der Waals surface area contributed by atoms with Gasteiger partial charge in [0, 0.05) is 29.5 Å². The molecule has 1 aromatic rings. The van der Waals surface area contributed by atoms with Crippen molar-refractivity contribution < 1.29 is 10.0 Å². The van der Waals surface area contributed by atoms with E-state index in [1.165, 1.54) is 0 Å². The van der Waals surface area contributed by atoms with Gasteiger partial charge < -0.3 is 15.8 Å². The Kier molecular flexibility index (Phi) is 5.82. The molecule has 0 fully saturated rings. The predicted molar refractivity (Wildman–Crippen MR) is 78.5 cm³/mol. The van der Waals surface area contributed by atoms with Crippen molar-refractivity contribution in [2.45, 2.75) is 20.3 Å². The van der Waals surface area contributed by atoms with Gasteiger partial charge in [-0.15, -0.1) is 0 Å². The van der Waals surface area contributed by atoms with E-state index in [-0.39, 0.29) is 11.7 Å². The Labute approximate surface area is 121 Å². The molecule has 0 spiro atoms. The van der Waals surface area contributed by atoms with Gasteiger partial charge in [-0.25, -0.2) is 0 Å². The summed E-state index contributed by atoms with van der Waals surface area (Å²) >= 11 is 3.37. The average Bonchev–Trinajstić information content (AvgIpc) is 2.38. The lowest BCUT2D eigenvalue weighted by molar-refractivity contribution is 0.0767. The minimum absolute atomic E-state index is 0.0433. The highest BCUT2D eigenvalue weighted by atomic mass is 79.9. The molecular formula is C13H18BrN3O2. The van der Waals surface area contributed by atoms with Crippen molar-refractivity contribution in [1.29, 1.82) is 0 Å². The number of hydrogen-bond acceptors (Lipinski definition) is 3. The van der Waals surface area contributed by atoms with Crippen molar-refractivity contribution in [3.05, 3.63) is 33.8 Å². The average molecular weight is 328 g/mol. The molecule has 0 aromatic heterocycles. The minimum atomic E-state index is -0.0433. The first-order valence-electron chi connectivity index (χ1n) is 6.01. The number of carbonyl (C=O) groups is 1. The lowest BCUT2D eigenvalue weighted by atomic mass is 10.1. The van der Waals surface area contributed by atoms with Crippen molar-refractivity contribution >= 4 is 27.7 Å². The summed E-state index contributed by atoms with van der Waals surface area (Å²) in [6, 6.07) is 5.55. The molecule has 0 aliphatic carbocycles. The topological polar surface area (TPSA) is 78.9 Å². The number of rotatable bonds is 5. The first kappa shape index (κ1) is 15.5. The van der Waals surface area contributed by atoms with Crippen molar-refractivity contribution in [3.63, 3.8) is 0 Å². The molecule has 0 saturated heterocycles. The van der Waals surface area contributed by atoms with Crippen LogP contribution in [0.2, 0.25) is 0 Å². The summed E-state index contributed by atoms with van der Waals surface area (Å²) in [5, 5.41) is 11.4. The molecule has 5 nitrogen and oxygen atoms in total. The molecular weight excluding hydrogens is 310 g/mol. The fraction of sp³-hybridized carbons (Fsp3) is 0.385. The van der Waals surface area contributed by atoms with Crippen LogP contribution in [0.1, 0.15) is 29.3 Å². The molecule has 1 amide bonds. The number of nitrogens with zero attached hydrogens (tertiary/aromatic N) is 2. The van der Waals surface area contributed by atoms with E-state index in [0.717, 1.165) is 10.0 Å². The van der Waals surface area contributed by atoms with Crippen LogP contribution in [0.25, 0.3) is 0 Å². The minimum Gasteiger partial charge on any atom is -0.409 e. The van der Waals surface area contributed by atoms with Gasteiger partial charge in [-0.3, -0.25) is 4.79 Å². The van der Waals surface area contributed by atoms with Gasteiger partial charge in [-0.1, -0.05) is 21.1 Å². The molecule has 19 heavy (non-hydrogen) atoms. The van der Waals surface area contributed by atoms with Gasteiger partial charge in [0.15, 0.2) is 0 Å². The highest BCUT2D eigenvalue weighted by molar-refractivity contribution is 9.10. The maximum atomic E-state index is 12.4. The van der Waals surface area contributed by atoms with Crippen LogP contribution in [0.5, 0.6) is 0 Å². The second-order valence-corrected chi connectivity index (χ2v) is 5.10. The van der Waals surface area contributed by atoms with E-state index in [4.69, 9.17) is 10.9 Å². The zero-order valence-electron chi connectivity index (χ0n) is 11.1. The maximum absolute atomic E-state index is 12.4. The number of nitrogens with two attached hydrogens (primary N) is 1. The van der Waals surface area contributed by atoms with Crippen LogP contribution in [0.3, 0.4) is 0 Å². The fourth-order valence-corrected chi connectivity index (χ4v) is 2.22. The third-order valence-electron chi connectivity index (χ3n) is 2.85. The van der Waals surface area contributed by atoms with Gasteiger partial charge >= 0.3 is 0 Å². The molecule has 6 heteroatoms. The second-order valence-electron chi connectivity index (χ2n) is 4.19. The summed E-state index contributed by atoms with van der Waals surface area (Å²) in [5.74, 6) is 0.0806. The number of benzene rings is 1. The molecule has 0 heterocycles. The summed E-state index contributed by atoms with van der Waals surface area (Å²) < 4.78 is 0.946. The number of halogens is 1. The van der Waals surface area contributed by atoms with Crippen LogP contribution < -0.4 is 5.73 Å². The van der Waals surface area contributed by atoms with Crippen LogP contribution in [-0.4, -0.2) is 34.9 Å². The molecule has 3 N–H and O–H groups in total. The highest BCUT2D eigenvalue weighted by Crippen LogP contribution is 2.17. The van der Waals surface area contributed by atoms with Gasteiger partial charge in [0.25, 0.3) is 5.91 Å². The molecule has 1 aromatic carbocycles. The van der Waals surface area contributed by atoms with E-state index < -0.39 is 0 Å². The number of aryl methyl sites for hydroxylation is 1. The molecule has 0 radical (unpaired) electrons. The quantitative estimate of drug-likeness (QED) is 0.377. The van der Waals surface area contributed by atoms with Crippen molar-refractivity contribution in [2.24, 2.45) is 10.9 Å². The lowest BCUT2D eigenvalue weighted by Gasteiger charge is -2.21. The Hall–Kier alpha value is -1.56. The molecule has 1 rings (SSSR count). The first-order valence-corrected chi connectivity index (χ1v) is 6.80. The van der Waals surface area contributed by atoms with E-state index >= 15 is 0 Å². The molecule has 0 unspecified atom stereocenters. The van der Waals surface area contributed by atoms with Crippen LogP contribution in [0, 0.1) is 6.92 Å². The van der Waals surface area contributed by atoms with E-state index in [2.05, 4.69) is 21.1 Å². The van der Waals surface area contributed by atoms with Gasteiger partial charge in [-0.2, -0.15) is 0 Å². The van der Waals surface area contributed by atoms with Crippen molar-refractivity contribution in [1.82, 2.24) is 4.90 Å². The Morgan fingerprint density at radius 3 is 2.74 bits per heavy atom. The summed E-state index contributed by atoms with van der Waals surface area (Å²) in [6.07, 6.45) is 0.353. The normalized spacial score (nSPS) is 11.4. The van der Waals surface area contributed by atoms with Gasteiger partial charge in [0.05, 0.1) is 0 Å². The largest absolute Gasteiger partial charge is 0.409 e. The zero-order valence-corrected chi connectivity index (χ0v) is 12.6. The Bertz CT molecular complexity index is 489. The van der Waals surface area contributed by atoms with Crippen LogP contribution in [-0.2, 0) is 0 Å². The number of amidine groups is 1. The highest BCUT2D eigenvalue weighted by Gasteiger charge is 2.16. The summed E-state index contributed by atoms with van der Waals surface area (Å²) in [6.45, 7) is 4.81. The summed E-state index contributed by atoms with van der Waals surface area (Å²) in [4.78, 5) is 14.1. The van der Waals surface area contributed by atoms with E-state index in [9.17, 15) is 4.79 Å². The summed E-state index contributed by atoms with van der Waals surface area (Å²) in [7, 11) is 0. The van der Waals surface area contributed by atoms with Crippen molar-refractivity contribution in [3.8, 4) is 0 Å². The molecule has 0 atom stereocenters. The number of oxime groups is 1. The number of hydrogen-bond donors (Lipinski definition) is 2. The van der Waals surface area contributed by atoms with Gasteiger partial charge in [0.1, 0.15) is 5.84 Å². The zero-order chi connectivity index (χ0) is 14.4. The number of carbonyl (C=O) groups excluding carboxylic acids is 1. The Morgan fingerprint density at radius 2 is 2.21 bits per heavy atom. The Balaban J connectivity index is 2.83. The van der Waals surface area contributed by atoms with Crippen LogP contribution in [0.4, 0.5) is 0 Å². The SMILES string of the molecule is CCN(CCC(N)=NO)C(=O)c1ccc(Br)cc1C. The first-order chi connectivity index (χ1) is 8.99. The van der Waals surface area contributed by atoms with E-state index in [1.54, 1.807) is 11.0 Å². The van der Waals surface area contributed by atoms with Gasteiger partial charge in [0.2, 0.25) is 0 Å². The molecule has 0 aliphatic heterocycles.